The first-order valence-corrected chi connectivity index (χ1v) is 5.50. The summed E-state index contributed by atoms with van der Waals surface area (Å²) in [4.78, 5) is 13.9. The lowest BCUT2D eigenvalue weighted by atomic mass is 10.1. The third-order valence-electron chi connectivity index (χ3n) is 3.04. The number of nitrogens with two attached hydrogens (primary N) is 1. The summed E-state index contributed by atoms with van der Waals surface area (Å²) in [5.41, 5.74) is 6.79. The average molecular weight is 220 g/mol. The Morgan fingerprint density at radius 3 is 2.94 bits per heavy atom. The molecule has 0 radical (unpaired) electrons. The van der Waals surface area contributed by atoms with E-state index in [2.05, 4.69) is 0 Å². The number of benzene rings is 1. The molecule has 1 atom stereocenters. The predicted octanol–water partition coefficient (Wildman–Crippen LogP) is 0.866. The smallest absolute Gasteiger partial charge is 0.256 e. The molecule has 1 aliphatic heterocycles. The highest BCUT2D eigenvalue weighted by molar-refractivity contribution is 5.99. The minimum absolute atomic E-state index is 0.0263. The molecule has 4 heteroatoms. The summed E-state index contributed by atoms with van der Waals surface area (Å²) in [5, 5.41) is 9.18. The van der Waals surface area contributed by atoms with Gasteiger partial charge in [0.2, 0.25) is 0 Å². The van der Waals surface area contributed by atoms with Crippen LogP contribution in [0.25, 0.3) is 0 Å². The minimum Gasteiger partial charge on any atom is -0.398 e. The van der Waals surface area contributed by atoms with Gasteiger partial charge in [0, 0.05) is 12.2 Å². The molecule has 1 aromatic rings. The number of anilines is 1. The van der Waals surface area contributed by atoms with Gasteiger partial charge in [-0.25, -0.2) is 0 Å². The van der Waals surface area contributed by atoms with E-state index in [0.29, 0.717) is 17.8 Å². The van der Waals surface area contributed by atoms with E-state index in [1.807, 2.05) is 0 Å². The molecule has 1 amide bonds. The van der Waals surface area contributed by atoms with Gasteiger partial charge in [0.05, 0.1) is 18.2 Å². The second-order valence-electron chi connectivity index (χ2n) is 4.06. The van der Waals surface area contributed by atoms with Crippen LogP contribution in [0.5, 0.6) is 0 Å². The number of hydrogen-bond acceptors (Lipinski definition) is 3. The van der Waals surface area contributed by atoms with E-state index in [9.17, 15) is 9.90 Å². The summed E-state index contributed by atoms with van der Waals surface area (Å²) in [6.45, 7) is 0.733. The molecule has 4 nitrogen and oxygen atoms in total. The number of amides is 1. The Morgan fingerprint density at radius 1 is 1.50 bits per heavy atom. The van der Waals surface area contributed by atoms with Gasteiger partial charge in [0.15, 0.2) is 0 Å². The lowest BCUT2D eigenvalue weighted by molar-refractivity contribution is 0.0678. The Morgan fingerprint density at radius 2 is 2.25 bits per heavy atom. The predicted molar refractivity (Wildman–Crippen MR) is 62.0 cm³/mol. The second-order valence-corrected chi connectivity index (χ2v) is 4.06. The Kier molecular flexibility index (Phi) is 3.10. The first-order valence-electron chi connectivity index (χ1n) is 5.50. The summed E-state index contributed by atoms with van der Waals surface area (Å²) < 4.78 is 0. The number of rotatable bonds is 2. The van der Waals surface area contributed by atoms with Crippen molar-refractivity contribution in [3.63, 3.8) is 0 Å². The van der Waals surface area contributed by atoms with Crippen LogP contribution in [0, 0.1) is 0 Å². The molecular weight excluding hydrogens is 204 g/mol. The molecule has 16 heavy (non-hydrogen) atoms. The molecule has 1 heterocycles. The average Bonchev–Trinajstić information content (AvgIpc) is 2.77. The molecule has 86 valence electrons. The van der Waals surface area contributed by atoms with Crippen molar-refractivity contribution in [2.75, 3.05) is 18.9 Å². The van der Waals surface area contributed by atoms with Gasteiger partial charge in [0.25, 0.3) is 5.91 Å². The van der Waals surface area contributed by atoms with Crippen LogP contribution < -0.4 is 5.73 Å². The van der Waals surface area contributed by atoms with Gasteiger partial charge in [-0.15, -0.1) is 0 Å². The Hall–Kier alpha value is -1.55. The van der Waals surface area contributed by atoms with E-state index in [1.165, 1.54) is 0 Å². The van der Waals surface area contributed by atoms with Gasteiger partial charge in [-0.2, -0.15) is 0 Å². The molecule has 0 aromatic heterocycles. The van der Waals surface area contributed by atoms with Crippen LogP contribution in [0.2, 0.25) is 0 Å². The van der Waals surface area contributed by atoms with Crippen LogP contribution in [-0.2, 0) is 0 Å². The fourth-order valence-corrected chi connectivity index (χ4v) is 2.14. The second kappa shape index (κ2) is 4.53. The third-order valence-corrected chi connectivity index (χ3v) is 3.04. The molecule has 2 rings (SSSR count). The molecule has 3 N–H and O–H groups in total. The first kappa shape index (κ1) is 11.0. The van der Waals surface area contributed by atoms with Crippen molar-refractivity contribution in [3.05, 3.63) is 29.8 Å². The standard InChI is InChI=1S/C12H16N2O2/c13-11-6-2-1-5-10(11)12(16)14-7-3-4-9(14)8-15/h1-2,5-6,9,15H,3-4,7-8,13H2/t9-/m0/s1. The van der Waals surface area contributed by atoms with Gasteiger partial charge >= 0.3 is 0 Å². The van der Waals surface area contributed by atoms with Crippen molar-refractivity contribution >= 4 is 11.6 Å². The molecule has 0 unspecified atom stereocenters. The molecule has 0 aliphatic carbocycles. The van der Waals surface area contributed by atoms with Crippen molar-refractivity contribution in [2.45, 2.75) is 18.9 Å². The number of carbonyl (C=O) groups excluding carboxylic acids is 1. The molecular formula is C12H16N2O2. The summed E-state index contributed by atoms with van der Waals surface area (Å²) >= 11 is 0. The van der Waals surface area contributed by atoms with Crippen LogP contribution in [0.15, 0.2) is 24.3 Å². The SMILES string of the molecule is Nc1ccccc1C(=O)N1CCC[C@H]1CO. The van der Waals surface area contributed by atoms with Crippen molar-refractivity contribution in [3.8, 4) is 0 Å². The number of aliphatic hydroxyl groups is 1. The Labute approximate surface area is 94.7 Å². The van der Waals surface area contributed by atoms with Gasteiger partial charge < -0.3 is 15.7 Å². The van der Waals surface area contributed by atoms with Gasteiger partial charge in [-0.3, -0.25) is 4.79 Å². The van der Waals surface area contributed by atoms with Crippen LogP contribution >= 0.6 is 0 Å². The van der Waals surface area contributed by atoms with E-state index < -0.39 is 0 Å². The van der Waals surface area contributed by atoms with Gasteiger partial charge in [0.1, 0.15) is 0 Å². The molecule has 1 aromatic carbocycles. The van der Waals surface area contributed by atoms with Crippen molar-refractivity contribution in [1.82, 2.24) is 4.90 Å². The number of likely N-dealkylation sites (tertiary alicyclic amines) is 1. The number of para-hydroxylation sites is 1. The number of aliphatic hydroxyl groups excluding tert-OH is 1. The summed E-state index contributed by atoms with van der Waals surface area (Å²) in [6, 6.07) is 7.00. The summed E-state index contributed by atoms with van der Waals surface area (Å²) in [5.74, 6) is -0.0744. The zero-order valence-electron chi connectivity index (χ0n) is 9.10. The quantitative estimate of drug-likeness (QED) is 0.727. The van der Waals surface area contributed by atoms with Gasteiger partial charge in [-0.05, 0) is 25.0 Å². The zero-order chi connectivity index (χ0) is 11.5. The zero-order valence-corrected chi connectivity index (χ0v) is 9.10. The number of hydrogen-bond donors (Lipinski definition) is 2. The first-order chi connectivity index (χ1) is 7.74. The van der Waals surface area contributed by atoms with Crippen LogP contribution in [0.1, 0.15) is 23.2 Å². The maximum absolute atomic E-state index is 12.2. The summed E-state index contributed by atoms with van der Waals surface area (Å²) in [7, 11) is 0. The number of nitrogens with zero attached hydrogens (tertiary/aromatic N) is 1. The fourth-order valence-electron chi connectivity index (χ4n) is 2.14. The lowest BCUT2D eigenvalue weighted by Crippen LogP contribution is -2.37. The van der Waals surface area contributed by atoms with E-state index in [0.717, 1.165) is 12.8 Å². The molecule has 0 bridgehead atoms. The van der Waals surface area contributed by atoms with Crippen molar-refractivity contribution in [1.29, 1.82) is 0 Å². The van der Waals surface area contributed by atoms with E-state index >= 15 is 0 Å². The monoisotopic (exact) mass is 220 g/mol. The molecule has 0 spiro atoms. The third kappa shape index (κ3) is 1.88. The molecule has 1 aliphatic rings. The minimum atomic E-state index is -0.0744. The summed E-state index contributed by atoms with van der Waals surface area (Å²) in [6.07, 6.45) is 1.82. The highest BCUT2D eigenvalue weighted by Crippen LogP contribution is 2.21. The highest BCUT2D eigenvalue weighted by Gasteiger charge is 2.29. The van der Waals surface area contributed by atoms with Crippen LogP contribution in [0.4, 0.5) is 5.69 Å². The lowest BCUT2D eigenvalue weighted by Gasteiger charge is -2.23. The maximum atomic E-state index is 12.2. The largest absolute Gasteiger partial charge is 0.398 e. The van der Waals surface area contributed by atoms with E-state index in [1.54, 1.807) is 29.2 Å². The molecule has 1 saturated heterocycles. The Bertz CT molecular complexity index is 392. The molecule has 0 saturated carbocycles. The van der Waals surface area contributed by atoms with Crippen LogP contribution in [-0.4, -0.2) is 35.1 Å². The molecule has 1 fully saturated rings. The number of nitrogen functional groups attached to an aromatic ring is 1. The topological polar surface area (TPSA) is 66.6 Å². The number of carbonyl (C=O) groups is 1. The fraction of sp³-hybridized carbons (Fsp3) is 0.417. The highest BCUT2D eigenvalue weighted by atomic mass is 16.3. The normalized spacial score (nSPS) is 20.1. The van der Waals surface area contributed by atoms with E-state index in [-0.39, 0.29) is 18.6 Å². The van der Waals surface area contributed by atoms with Crippen LogP contribution in [0.3, 0.4) is 0 Å². The maximum Gasteiger partial charge on any atom is 0.256 e. The van der Waals surface area contributed by atoms with E-state index in [4.69, 9.17) is 5.73 Å². The van der Waals surface area contributed by atoms with Crippen molar-refractivity contribution < 1.29 is 9.90 Å². The van der Waals surface area contributed by atoms with Gasteiger partial charge in [-0.1, -0.05) is 12.1 Å². The Balaban J connectivity index is 2.22. The van der Waals surface area contributed by atoms with Crippen molar-refractivity contribution in [2.24, 2.45) is 0 Å².